The van der Waals surface area contributed by atoms with Gasteiger partial charge in [0.1, 0.15) is 12.4 Å². The Bertz CT molecular complexity index is 832. The van der Waals surface area contributed by atoms with Crippen LogP contribution in [0.15, 0.2) is 48.8 Å². The normalized spacial score (nSPS) is 13.8. The van der Waals surface area contributed by atoms with Crippen LogP contribution >= 0.6 is 0 Å². The van der Waals surface area contributed by atoms with E-state index in [0.717, 1.165) is 22.8 Å². The lowest BCUT2D eigenvalue weighted by atomic mass is 10.2. The first-order chi connectivity index (χ1) is 11.8. The molecule has 0 atom stereocenters. The Kier molecular flexibility index (Phi) is 3.86. The predicted molar refractivity (Wildman–Crippen MR) is 90.1 cm³/mol. The topological polar surface area (TPSA) is 75.6 Å². The molecule has 0 aliphatic heterocycles. The van der Waals surface area contributed by atoms with Crippen molar-refractivity contribution < 1.29 is 4.79 Å². The Morgan fingerprint density at radius 3 is 2.92 bits per heavy atom. The van der Waals surface area contributed by atoms with Gasteiger partial charge in [0.25, 0.3) is 0 Å². The highest BCUT2D eigenvalue weighted by Gasteiger charge is 2.26. The molecule has 0 bridgehead atoms. The maximum Gasteiger partial charge on any atom is 0.240 e. The van der Waals surface area contributed by atoms with Crippen molar-refractivity contribution in [3.63, 3.8) is 0 Å². The predicted octanol–water partition coefficient (Wildman–Crippen LogP) is 2.47. The van der Waals surface area contributed by atoms with Crippen molar-refractivity contribution in [3.8, 4) is 11.4 Å². The number of H-pyrrole nitrogens is 1. The van der Waals surface area contributed by atoms with Crippen LogP contribution in [0, 0.1) is 0 Å². The Labute approximate surface area is 139 Å². The lowest BCUT2D eigenvalue weighted by Gasteiger charge is -2.08. The summed E-state index contributed by atoms with van der Waals surface area (Å²) >= 11 is 0. The molecule has 1 aromatic carbocycles. The van der Waals surface area contributed by atoms with Crippen LogP contribution in [0.4, 0.5) is 0 Å². The van der Waals surface area contributed by atoms with Crippen LogP contribution in [-0.2, 0) is 17.9 Å². The molecule has 0 saturated heterocycles. The molecule has 1 fully saturated rings. The van der Waals surface area contributed by atoms with Gasteiger partial charge < -0.3 is 9.88 Å². The summed E-state index contributed by atoms with van der Waals surface area (Å²) < 4.78 is 1.85. The van der Waals surface area contributed by atoms with Crippen molar-refractivity contribution in [2.24, 2.45) is 0 Å². The molecule has 1 aliphatic rings. The zero-order valence-electron chi connectivity index (χ0n) is 13.3. The van der Waals surface area contributed by atoms with Crippen LogP contribution in [0.1, 0.15) is 30.1 Å². The van der Waals surface area contributed by atoms with Crippen molar-refractivity contribution in [1.29, 1.82) is 0 Å². The van der Waals surface area contributed by atoms with Crippen molar-refractivity contribution in [2.45, 2.75) is 31.8 Å². The standard InChI is InChI=1S/C18H19N5O/c24-17(20-11-15-10-16(22-21-15)13-6-7-13)12-23-9-8-19-18(23)14-4-2-1-3-5-14/h1-5,8-10,13H,6-7,11-12H2,(H,20,24)(H,21,22). The fraction of sp³-hybridized carbons (Fsp3) is 0.278. The third kappa shape index (κ3) is 3.22. The zero-order valence-corrected chi connectivity index (χ0v) is 13.3. The largest absolute Gasteiger partial charge is 0.349 e. The number of nitrogens with one attached hydrogen (secondary N) is 2. The molecule has 122 valence electrons. The number of hydrogen-bond acceptors (Lipinski definition) is 3. The highest BCUT2D eigenvalue weighted by molar-refractivity contribution is 5.76. The lowest BCUT2D eigenvalue weighted by Crippen LogP contribution is -2.27. The van der Waals surface area contributed by atoms with Crippen molar-refractivity contribution in [2.75, 3.05) is 0 Å². The van der Waals surface area contributed by atoms with Crippen molar-refractivity contribution in [3.05, 3.63) is 60.2 Å². The zero-order chi connectivity index (χ0) is 16.4. The van der Waals surface area contributed by atoms with Gasteiger partial charge in [-0.05, 0) is 18.9 Å². The summed E-state index contributed by atoms with van der Waals surface area (Å²) in [6.07, 6.45) is 5.98. The van der Waals surface area contributed by atoms with Crippen LogP contribution in [0.25, 0.3) is 11.4 Å². The van der Waals surface area contributed by atoms with Gasteiger partial charge in [0, 0.05) is 23.9 Å². The van der Waals surface area contributed by atoms with E-state index in [1.807, 2.05) is 47.2 Å². The third-order valence-electron chi connectivity index (χ3n) is 4.18. The molecule has 24 heavy (non-hydrogen) atoms. The van der Waals surface area contributed by atoms with E-state index in [-0.39, 0.29) is 12.5 Å². The van der Waals surface area contributed by atoms with Crippen molar-refractivity contribution >= 4 is 5.91 Å². The number of hydrogen-bond donors (Lipinski definition) is 2. The first-order valence-electron chi connectivity index (χ1n) is 8.17. The number of imidazole rings is 1. The van der Waals surface area contributed by atoms with Gasteiger partial charge in [-0.25, -0.2) is 4.98 Å². The minimum absolute atomic E-state index is 0.0484. The summed E-state index contributed by atoms with van der Waals surface area (Å²) in [6, 6.07) is 11.9. The summed E-state index contributed by atoms with van der Waals surface area (Å²) in [5.74, 6) is 1.36. The molecule has 0 radical (unpaired) electrons. The molecular weight excluding hydrogens is 302 g/mol. The number of rotatable bonds is 6. The lowest BCUT2D eigenvalue weighted by molar-refractivity contribution is -0.121. The van der Waals surface area contributed by atoms with Gasteiger partial charge in [-0.3, -0.25) is 9.89 Å². The molecule has 2 aromatic heterocycles. The Morgan fingerprint density at radius 1 is 1.29 bits per heavy atom. The van der Waals surface area contributed by atoms with Crippen LogP contribution in [0.5, 0.6) is 0 Å². The molecule has 6 nitrogen and oxygen atoms in total. The average Bonchev–Trinajstić information content (AvgIpc) is 3.17. The number of amides is 1. The molecule has 0 unspecified atom stereocenters. The summed E-state index contributed by atoms with van der Waals surface area (Å²) in [5, 5.41) is 10.2. The third-order valence-corrected chi connectivity index (χ3v) is 4.18. The minimum Gasteiger partial charge on any atom is -0.349 e. The fourth-order valence-corrected chi connectivity index (χ4v) is 2.75. The van der Waals surface area contributed by atoms with E-state index in [0.29, 0.717) is 12.5 Å². The maximum absolute atomic E-state index is 12.2. The fourth-order valence-electron chi connectivity index (χ4n) is 2.75. The van der Waals surface area contributed by atoms with Gasteiger partial charge in [0.05, 0.1) is 17.9 Å². The molecule has 1 amide bonds. The summed E-state index contributed by atoms with van der Waals surface area (Å²) in [4.78, 5) is 16.6. The second kappa shape index (κ2) is 6.31. The van der Waals surface area contributed by atoms with Crippen LogP contribution in [-0.4, -0.2) is 25.7 Å². The van der Waals surface area contributed by atoms with E-state index in [2.05, 4.69) is 20.5 Å². The molecule has 6 heteroatoms. The Hall–Kier alpha value is -2.89. The number of nitrogens with zero attached hydrogens (tertiary/aromatic N) is 3. The molecule has 1 saturated carbocycles. The molecular formula is C18H19N5O. The maximum atomic E-state index is 12.2. The SMILES string of the molecule is O=C(Cn1ccnc1-c1ccccc1)NCc1cc(C2CC2)n[nH]1. The Morgan fingerprint density at radius 2 is 2.12 bits per heavy atom. The quantitative estimate of drug-likeness (QED) is 0.732. The monoisotopic (exact) mass is 321 g/mol. The number of benzene rings is 1. The number of carbonyl (C=O) groups excluding carboxylic acids is 1. The smallest absolute Gasteiger partial charge is 0.240 e. The second-order valence-corrected chi connectivity index (χ2v) is 6.11. The van der Waals surface area contributed by atoms with Gasteiger partial charge in [-0.2, -0.15) is 5.10 Å². The van der Waals surface area contributed by atoms with Gasteiger partial charge in [-0.1, -0.05) is 30.3 Å². The van der Waals surface area contributed by atoms with E-state index in [9.17, 15) is 4.79 Å². The Balaban J connectivity index is 1.37. The van der Waals surface area contributed by atoms with Crippen molar-refractivity contribution in [1.82, 2.24) is 25.1 Å². The van der Waals surface area contributed by atoms with E-state index < -0.39 is 0 Å². The second-order valence-electron chi connectivity index (χ2n) is 6.11. The molecule has 3 aromatic rings. The van der Waals surface area contributed by atoms with E-state index in [1.165, 1.54) is 12.8 Å². The van der Waals surface area contributed by atoms with Crippen LogP contribution in [0.3, 0.4) is 0 Å². The van der Waals surface area contributed by atoms with E-state index in [4.69, 9.17) is 0 Å². The van der Waals surface area contributed by atoms with Gasteiger partial charge in [-0.15, -0.1) is 0 Å². The average molecular weight is 321 g/mol. The number of aromatic nitrogens is 4. The summed E-state index contributed by atoms with van der Waals surface area (Å²) in [6.45, 7) is 0.710. The van der Waals surface area contributed by atoms with Gasteiger partial charge in [0.15, 0.2) is 0 Å². The van der Waals surface area contributed by atoms with Gasteiger partial charge >= 0.3 is 0 Å². The van der Waals surface area contributed by atoms with E-state index in [1.54, 1.807) is 6.20 Å². The number of carbonyl (C=O) groups is 1. The summed E-state index contributed by atoms with van der Waals surface area (Å²) in [7, 11) is 0. The van der Waals surface area contributed by atoms with Crippen LogP contribution < -0.4 is 5.32 Å². The van der Waals surface area contributed by atoms with Gasteiger partial charge in [0.2, 0.25) is 5.91 Å². The van der Waals surface area contributed by atoms with Crippen LogP contribution in [0.2, 0.25) is 0 Å². The van der Waals surface area contributed by atoms with E-state index >= 15 is 0 Å². The minimum atomic E-state index is -0.0484. The first-order valence-corrected chi connectivity index (χ1v) is 8.17. The highest BCUT2D eigenvalue weighted by atomic mass is 16.1. The highest BCUT2D eigenvalue weighted by Crippen LogP contribution is 2.38. The first kappa shape index (κ1) is 14.7. The molecule has 2 N–H and O–H groups in total. The molecule has 1 aliphatic carbocycles. The number of aromatic amines is 1. The molecule has 0 spiro atoms. The molecule has 4 rings (SSSR count). The summed E-state index contributed by atoms with van der Waals surface area (Å²) in [5.41, 5.74) is 3.05. The molecule has 2 heterocycles.